The highest BCUT2D eigenvalue weighted by Gasteiger charge is 2.64. The van der Waals surface area contributed by atoms with Crippen molar-refractivity contribution in [2.24, 2.45) is 46.2 Å². The topological polar surface area (TPSA) is 177 Å². The third kappa shape index (κ3) is 5.23. The Hall–Kier alpha value is -2.43. The second-order valence-electron chi connectivity index (χ2n) is 16.5. The summed E-state index contributed by atoms with van der Waals surface area (Å²) in [6.07, 6.45) is 5.43. The minimum Gasteiger partial charge on any atom is -0.480 e. The van der Waals surface area contributed by atoms with Crippen LogP contribution in [-0.2, 0) is 14.4 Å². The SMILES string of the molecule is N#C[C@@H]1C[C@@H]2C[C@@H]2N1C(=O)[C@@H](N)C12CC3CC(CC(O)(C3)C1)C2.O=C(O)[C@@H](NC(=O)C(F)(F)F)C12CC3CC(CC(O)(C3)C1)C2. The molecule has 248 valence electrons. The number of halogens is 3. The van der Waals surface area contributed by atoms with E-state index in [1.165, 1.54) is 6.42 Å². The third-order valence-electron chi connectivity index (χ3n) is 13.0. The normalized spacial score (nSPS) is 47.7. The van der Waals surface area contributed by atoms with Crippen LogP contribution in [0.1, 0.15) is 89.9 Å². The molecule has 0 aromatic rings. The minimum atomic E-state index is -5.12. The first-order valence-corrected chi connectivity index (χ1v) is 16.5. The van der Waals surface area contributed by atoms with Crippen LogP contribution in [0.5, 0.6) is 0 Å². The first-order valence-electron chi connectivity index (χ1n) is 16.5. The van der Waals surface area contributed by atoms with Crippen molar-refractivity contribution in [1.82, 2.24) is 10.2 Å². The van der Waals surface area contributed by atoms with Crippen molar-refractivity contribution in [1.29, 1.82) is 5.26 Å². The molecule has 6 N–H and O–H groups in total. The van der Waals surface area contributed by atoms with Gasteiger partial charge in [-0.25, -0.2) is 4.79 Å². The molecule has 1 saturated heterocycles. The summed E-state index contributed by atoms with van der Waals surface area (Å²) in [5.74, 6) is -1.90. The van der Waals surface area contributed by atoms with Gasteiger partial charge in [0.2, 0.25) is 5.91 Å². The number of nitrogens with zero attached hydrogens (tertiary/aromatic N) is 2. The van der Waals surface area contributed by atoms with Gasteiger partial charge >= 0.3 is 18.1 Å². The van der Waals surface area contributed by atoms with Crippen molar-refractivity contribution < 1.29 is 42.9 Å². The first-order chi connectivity index (χ1) is 21.0. The van der Waals surface area contributed by atoms with Gasteiger partial charge < -0.3 is 31.3 Å². The Kier molecular flexibility index (Phi) is 6.95. The molecule has 0 radical (unpaired) electrons. The van der Waals surface area contributed by atoms with Gasteiger partial charge in [0.05, 0.1) is 23.3 Å². The number of nitrogens with one attached hydrogen (secondary N) is 1. The summed E-state index contributed by atoms with van der Waals surface area (Å²) in [7, 11) is 0. The van der Waals surface area contributed by atoms with Crippen molar-refractivity contribution in [3.63, 3.8) is 0 Å². The number of amides is 2. The summed E-state index contributed by atoms with van der Waals surface area (Å²) in [6.45, 7) is 0. The number of nitriles is 1. The molecule has 13 heteroatoms. The van der Waals surface area contributed by atoms with E-state index < -0.39 is 46.8 Å². The zero-order valence-electron chi connectivity index (χ0n) is 25.3. The molecule has 10 aliphatic rings. The fourth-order valence-corrected chi connectivity index (χ4v) is 12.3. The predicted molar refractivity (Wildman–Crippen MR) is 150 cm³/mol. The molecule has 0 aromatic heterocycles. The van der Waals surface area contributed by atoms with E-state index in [2.05, 4.69) is 6.07 Å². The fourth-order valence-electron chi connectivity index (χ4n) is 12.3. The number of rotatable bonds is 5. The summed E-state index contributed by atoms with van der Waals surface area (Å²) < 4.78 is 37.4. The van der Waals surface area contributed by atoms with Gasteiger partial charge in [0.25, 0.3) is 0 Å². The lowest BCUT2D eigenvalue weighted by atomic mass is 9.46. The molecule has 2 amide bonds. The summed E-state index contributed by atoms with van der Waals surface area (Å²) in [5.41, 5.74) is 3.73. The zero-order valence-corrected chi connectivity index (χ0v) is 25.3. The van der Waals surface area contributed by atoms with Crippen molar-refractivity contribution in [3.05, 3.63) is 0 Å². The number of carbonyl (C=O) groups excluding carboxylic acids is 2. The van der Waals surface area contributed by atoms with E-state index in [0.717, 1.165) is 44.9 Å². The standard InChI is InChI=1S/C18H25N3O2.C14H18F3NO4/c19-8-13-2-12-3-14(12)21(13)16(22)15(20)17-4-10-1-11(5-17)7-18(23,6-10)9-17;15-14(16,17)11(21)18-9(10(19)20)12-2-7-1-8(3-12)5-13(22,4-7)6-12/h10-15,23H,1-7,9,20H2;7-9,22H,1-6H2,(H,18,21)(H,19,20)/t10?,11?,12-,13+,14+,15-,17?,18?;7?,8?,9-,12?,13?/m11/s1. The molecule has 8 bridgehead atoms. The Morgan fingerprint density at radius 1 is 0.844 bits per heavy atom. The molecule has 9 atom stereocenters. The Morgan fingerprint density at radius 2 is 1.33 bits per heavy atom. The van der Waals surface area contributed by atoms with Crippen LogP contribution >= 0.6 is 0 Å². The summed E-state index contributed by atoms with van der Waals surface area (Å²) in [6, 6.07) is 0.110. The van der Waals surface area contributed by atoms with E-state index in [1.807, 2.05) is 0 Å². The van der Waals surface area contributed by atoms with Gasteiger partial charge in [-0.05, 0) is 125 Å². The first kappa shape index (κ1) is 31.2. The maximum atomic E-state index is 13.1. The monoisotopic (exact) mass is 636 g/mol. The molecular formula is C32H43F3N4O6. The van der Waals surface area contributed by atoms with Gasteiger partial charge in [0, 0.05) is 11.5 Å². The molecule has 1 heterocycles. The molecule has 0 aromatic carbocycles. The molecule has 10 fully saturated rings. The number of likely N-dealkylation sites (tertiary alicyclic amines) is 1. The molecule has 1 aliphatic heterocycles. The van der Waals surface area contributed by atoms with Crippen molar-refractivity contribution in [3.8, 4) is 6.07 Å². The average Bonchev–Trinajstić information content (AvgIpc) is 3.56. The summed E-state index contributed by atoms with van der Waals surface area (Å²) in [5, 5.41) is 41.8. The quantitative estimate of drug-likeness (QED) is 0.306. The van der Waals surface area contributed by atoms with Gasteiger partial charge in [-0.15, -0.1) is 0 Å². The second kappa shape index (κ2) is 10.0. The molecule has 0 spiro atoms. The molecule has 45 heavy (non-hydrogen) atoms. The van der Waals surface area contributed by atoms with Crippen LogP contribution in [-0.4, -0.2) is 79.5 Å². The smallest absolute Gasteiger partial charge is 0.471 e. The Labute approximate surface area is 259 Å². The Balaban J connectivity index is 0.000000145. The van der Waals surface area contributed by atoms with Crippen LogP contribution in [0.15, 0.2) is 0 Å². The van der Waals surface area contributed by atoms with Crippen molar-refractivity contribution in [2.45, 2.75) is 131 Å². The lowest BCUT2D eigenvalue weighted by Gasteiger charge is -2.61. The average molecular weight is 637 g/mol. The number of nitrogens with two attached hydrogens (primary N) is 1. The molecule has 9 saturated carbocycles. The van der Waals surface area contributed by atoms with E-state index in [9.17, 15) is 48.1 Å². The van der Waals surface area contributed by atoms with Crippen LogP contribution in [0.25, 0.3) is 0 Å². The molecule has 9 aliphatic carbocycles. The second-order valence-corrected chi connectivity index (χ2v) is 16.5. The number of piperidine rings is 1. The number of aliphatic carboxylic acids is 1. The van der Waals surface area contributed by atoms with Gasteiger partial charge in [-0.1, -0.05) is 0 Å². The number of fused-ring (bicyclic) bond motifs is 1. The van der Waals surface area contributed by atoms with E-state index >= 15 is 0 Å². The molecular weight excluding hydrogens is 593 g/mol. The largest absolute Gasteiger partial charge is 0.480 e. The van der Waals surface area contributed by atoms with Crippen LogP contribution < -0.4 is 11.1 Å². The van der Waals surface area contributed by atoms with Gasteiger partial charge in [0.1, 0.15) is 12.1 Å². The van der Waals surface area contributed by atoms with Gasteiger partial charge in [-0.2, -0.15) is 18.4 Å². The minimum absolute atomic E-state index is 0.0212. The van der Waals surface area contributed by atoms with Crippen molar-refractivity contribution in [2.75, 3.05) is 0 Å². The molecule has 4 unspecified atom stereocenters. The van der Waals surface area contributed by atoms with Crippen LogP contribution in [0.4, 0.5) is 13.2 Å². The zero-order chi connectivity index (χ0) is 32.3. The molecule has 10 nitrogen and oxygen atoms in total. The van der Waals surface area contributed by atoms with Crippen LogP contribution in [0.2, 0.25) is 0 Å². The maximum absolute atomic E-state index is 13.1. The summed E-state index contributed by atoms with van der Waals surface area (Å²) in [4.78, 5) is 37.7. The number of carbonyl (C=O) groups is 3. The number of alkyl halides is 3. The number of aliphatic hydroxyl groups is 2. The van der Waals surface area contributed by atoms with Gasteiger partial charge in [0.15, 0.2) is 0 Å². The lowest BCUT2D eigenvalue weighted by molar-refractivity contribution is -0.192. The highest BCUT2D eigenvalue weighted by atomic mass is 19.4. The predicted octanol–water partition coefficient (Wildman–Crippen LogP) is 2.61. The number of carboxylic acid groups (broad SMARTS) is 1. The number of hydrogen-bond donors (Lipinski definition) is 5. The third-order valence-corrected chi connectivity index (χ3v) is 13.0. The van der Waals surface area contributed by atoms with Gasteiger partial charge in [-0.3, -0.25) is 9.59 Å². The number of hydrogen-bond acceptors (Lipinski definition) is 7. The van der Waals surface area contributed by atoms with E-state index in [4.69, 9.17) is 5.73 Å². The number of carboxylic acids is 1. The Bertz CT molecular complexity index is 1300. The van der Waals surface area contributed by atoms with E-state index in [0.29, 0.717) is 49.9 Å². The maximum Gasteiger partial charge on any atom is 0.471 e. The highest BCUT2D eigenvalue weighted by molar-refractivity contribution is 5.87. The molecule has 10 rings (SSSR count). The fraction of sp³-hybridized carbons (Fsp3) is 0.875. The van der Waals surface area contributed by atoms with Crippen LogP contribution in [0.3, 0.4) is 0 Å². The summed E-state index contributed by atoms with van der Waals surface area (Å²) >= 11 is 0. The van der Waals surface area contributed by atoms with Crippen molar-refractivity contribution >= 4 is 17.8 Å². The Morgan fingerprint density at radius 3 is 1.78 bits per heavy atom. The van der Waals surface area contributed by atoms with Crippen LogP contribution in [0, 0.1) is 51.8 Å². The lowest BCUT2D eigenvalue weighted by Crippen LogP contribution is -2.65. The van der Waals surface area contributed by atoms with E-state index in [-0.39, 0.29) is 41.7 Å². The van der Waals surface area contributed by atoms with E-state index in [1.54, 1.807) is 10.2 Å². The highest BCUT2D eigenvalue weighted by Crippen LogP contribution is 2.64.